The molecule has 2 rings (SSSR count). The Balaban J connectivity index is 1.98. The van der Waals surface area contributed by atoms with Gasteiger partial charge in [0, 0.05) is 12.2 Å². The molecule has 1 aliphatic carbocycles. The van der Waals surface area contributed by atoms with Crippen molar-refractivity contribution in [2.45, 2.75) is 25.0 Å². The van der Waals surface area contributed by atoms with Crippen molar-refractivity contribution >= 4 is 17.6 Å². The highest BCUT2D eigenvalue weighted by atomic mass is 16.5. The number of aliphatic hydroxyl groups is 1. The summed E-state index contributed by atoms with van der Waals surface area (Å²) in [7, 11) is 1.17. The Bertz CT molecular complexity index is 493. The van der Waals surface area contributed by atoms with Crippen molar-refractivity contribution in [1.82, 2.24) is 9.88 Å². The van der Waals surface area contributed by atoms with Crippen molar-refractivity contribution in [3.8, 4) is 0 Å². The van der Waals surface area contributed by atoms with Crippen LogP contribution in [0, 0.1) is 0 Å². The number of aromatic nitrogens is 1. The zero-order valence-electron chi connectivity index (χ0n) is 10.6. The lowest BCUT2D eigenvalue weighted by Crippen LogP contribution is -2.37. The topological polar surface area (TPSA) is 107 Å². The van der Waals surface area contributed by atoms with Crippen molar-refractivity contribution in [2.24, 2.45) is 0 Å². The van der Waals surface area contributed by atoms with Crippen LogP contribution in [0.3, 0.4) is 0 Å². The van der Waals surface area contributed by atoms with Crippen molar-refractivity contribution in [2.75, 3.05) is 19.4 Å². The lowest BCUT2D eigenvalue weighted by Gasteiger charge is -2.11. The van der Waals surface area contributed by atoms with Gasteiger partial charge in [-0.1, -0.05) is 0 Å². The molecule has 7 heteroatoms. The Morgan fingerprint density at radius 3 is 2.89 bits per heavy atom. The maximum Gasteiger partial charge on any atom is 0.336 e. The van der Waals surface area contributed by atoms with E-state index in [1.165, 1.54) is 7.11 Å². The number of hydrogen-bond donors (Lipinski definition) is 3. The van der Waals surface area contributed by atoms with E-state index in [1.807, 2.05) is 4.57 Å². The molecule has 104 valence electrons. The molecule has 0 spiro atoms. The highest BCUT2D eigenvalue weighted by Crippen LogP contribution is 2.37. The third-order valence-corrected chi connectivity index (χ3v) is 2.97. The van der Waals surface area contributed by atoms with Crippen LogP contribution in [0.4, 0.5) is 5.69 Å². The number of carbonyl (C=O) groups excluding carboxylic acids is 2. The number of carbonyl (C=O) groups is 2. The second-order valence-corrected chi connectivity index (χ2v) is 4.55. The number of amides is 1. The summed E-state index contributed by atoms with van der Waals surface area (Å²) in [6.07, 6.45) is 2.41. The fraction of sp³-hybridized carbons (Fsp3) is 0.500. The Hall–Kier alpha value is -2.02. The van der Waals surface area contributed by atoms with Gasteiger partial charge in [-0.15, -0.1) is 0 Å². The first-order chi connectivity index (χ1) is 9.02. The number of aliphatic hydroxyl groups excluding tert-OH is 1. The molecule has 1 aromatic rings. The first-order valence-corrected chi connectivity index (χ1v) is 6.04. The molecule has 4 N–H and O–H groups in total. The molecular weight excluding hydrogens is 250 g/mol. The molecule has 1 aliphatic rings. The summed E-state index contributed by atoms with van der Waals surface area (Å²) in [6.45, 7) is -0.193. The minimum Gasteiger partial charge on any atom is -0.467 e. The number of nitrogen functional groups attached to an aromatic ring is 1. The SMILES string of the molecule is COC(=O)C(O)CNC(=O)c1cc(N)cn1C1CC1. The minimum absolute atomic E-state index is 0.193. The normalized spacial score (nSPS) is 15.9. The molecule has 1 fully saturated rings. The van der Waals surface area contributed by atoms with Gasteiger partial charge in [-0.05, 0) is 18.9 Å². The number of hydrogen-bond acceptors (Lipinski definition) is 5. The monoisotopic (exact) mass is 267 g/mol. The van der Waals surface area contributed by atoms with Crippen LogP contribution < -0.4 is 11.1 Å². The van der Waals surface area contributed by atoms with Crippen LogP contribution in [0.5, 0.6) is 0 Å². The predicted molar refractivity (Wildman–Crippen MR) is 67.5 cm³/mol. The number of methoxy groups -OCH3 is 1. The van der Waals surface area contributed by atoms with Gasteiger partial charge in [-0.25, -0.2) is 4.79 Å². The average molecular weight is 267 g/mol. The maximum atomic E-state index is 12.0. The van der Waals surface area contributed by atoms with E-state index in [9.17, 15) is 14.7 Å². The van der Waals surface area contributed by atoms with E-state index >= 15 is 0 Å². The van der Waals surface area contributed by atoms with Gasteiger partial charge in [0.1, 0.15) is 5.69 Å². The van der Waals surface area contributed by atoms with Gasteiger partial charge in [0.15, 0.2) is 6.10 Å². The van der Waals surface area contributed by atoms with Crippen LogP contribution >= 0.6 is 0 Å². The molecule has 1 saturated carbocycles. The first kappa shape index (κ1) is 13.4. The number of esters is 1. The third kappa shape index (κ3) is 3.05. The van der Waals surface area contributed by atoms with E-state index in [4.69, 9.17) is 5.73 Å². The molecule has 1 amide bonds. The van der Waals surface area contributed by atoms with E-state index in [1.54, 1.807) is 12.3 Å². The smallest absolute Gasteiger partial charge is 0.336 e. The standard InChI is InChI=1S/C12H17N3O4/c1-19-12(18)10(16)5-14-11(17)9-4-7(13)6-15(9)8-2-3-8/h4,6,8,10,16H,2-3,5,13H2,1H3,(H,14,17). The van der Waals surface area contributed by atoms with E-state index < -0.39 is 12.1 Å². The number of rotatable bonds is 5. The largest absolute Gasteiger partial charge is 0.467 e. The zero-order valence-corrected chi connectivity index (χ0v) is 10.6. The van der Waals surface area contributed by atoms with Crippen molar-refractivity contribution in [3.05, 3.63) is 18.0 Å². The lowest BCUT2D eigenvalue weighted by atomic mass is 10.3. The van der Waals surface area contributed by atoms with Gasteiger partial charge in [0.25, 0.3) is 5.91 Å². The summed E-state index contributed by atoms with van der Waals surface area (Å²) in [6, 6.07) is 1.90. The van der Waals surface area contributed by atoms with Gasteiger partial charge in [-0.3, -0.25) is 4.79 Å². The molecule has 0 saturated heterocycles. The molecule has 0 bridgehead atoms. The fourth-order valence-electron chi connectivity index (χ4n) is 1.84. The molecule has 1 aromatic heterocycles. The molecule has 1 unspecified atom stereocenters. The quantitative estimate of drug-likeness (QED) is 0.633. The van der Waals surface area contributed by atoms with Crippen LogP contribution in [0.25, 0.3) is 0 Å². The second-order valence-electron chi connectivity index (χ2n) is 4.55. The van der Waals surface area contributed by atoms with Gasteiger partial charge in [-0.2, -0.15) is 0 Å². The van der Waals surface area contributed by atoms with Crippen LogP contribution in [0.15, 0.2) is 12.3 Å². The zero-order chi connectivity index (χ0) is 14.0. The molecular formula is C12H17N3O4. The van der Waals surface area contributed by atoms with E-state index in [0.717, 1.165) is 12.8 Å². The highest BCUT2D eigenvalue weighted by Gasteiger charge is 2.28. The van der Waals surface area contributed by atoms with Gasteiger partial charge >= 0.3 is 5.97 Å². The van der Waals surface area contributed by atoms with Crippen molar-refractivity contribution in [1.29, 1.82) is 0 Å². The van der Waals surface area contributed by atoms with Gasteiger partial charge < -0.3 is 25.5 Å². The van der Waals surface area contributed by atoms with Crippen LogP contribution in [0.1, 0.15) is 29.4 Å². The van der Waals surface area contributed by atoms with Crippen molar-refractivity contribution < 1.29 is 19.4 Å². The molecule has 7 nitrogen and oxygen atoms in total. The summed E-state index contributed by atoms with van der Waals surface area (Å²) in [5.74, 6) is -1.15. The highest BCUT2D eigenvalue weighted by molar-refractivity contribution is 5.94. The van der Waals surface area contributed by atoms with Crippen molar-refractivity contribution in [3.63, 3.8) is 0 Å². The van der Waals surface area contributed by atoms with Crippen LogP contribution in [-0.2, 0) is 9.53 Å². The minimum atomic E-state index is -1.37. The van der Waals surface area contributed by atoms with Crippen LogP contribution in [0.2, 0.25) is 0 Å². The molecule has 1 atom stereocenters. The number of anilines is 1. The summed E-state index contributed by atoms with van der Waals surface area (Å²) in [5, 5.41) is 11.9. The Morgan fingerprint density at radius 1 is 1.63 bits per heavy atom. The molecule has 0 aliphatic heterocycles. The summed E-state index contributed by atoms with van der Waals surface area (Å²) in [5.41, 5.74) is 6.64. The number of nitrogens with two attached hydrogens (primary N) is 1. The number of nitrogens with one attached hydrogen (secondary N) is 1. The summed E-state index contributed by atoms with van der Waals surface area (Å²) < 4.78 is 6.19. The Kier molecular flexibility index (Phi) is 3.75. The Labute approximate surface area is 110 Å². The second kappa shape index (κ2) is 5.31. The number of ether oxygens (including phenoxy) is 1. The lowest BCUT2D eigenvalue weighted by molar-refractivity contribution is -0.149. The average Bonchev–Trinajstić information content (AvgIpc) is 3.17. The van der Waals surface area contributed by atoms with Gasteiger partial charge in [0.05, 0.1) is 19.3 Å². The van der Waals surface area contributed by atoms with E-state index in [2.05, 4.69) is 10.1 Å². The Morgan fingerprint density at radius 2 is 2.32 bits per heavy atom. The summed E-state index contributed by atoms with van der Waals surface area (Å²) >= 11 is 0. The third-order valence-electron chi connectivity index (χ3n) is 2.97. The molecule has 0 aromatic carbocycles. The van der Waals surface area contributed by atoms with E-state index in [0.29, 0.717) is 17.4 Å². The van der Waals surface area contributed by atoms with Gasteiger partial charge in [0.2, 0.25) is 0 Å². The van der Waals surface area contributed by atoms with Crippen LogP contribution in [-0.4, -0.2) is 41.3 Å². The molecule has 0 radical (unpaired) electrons. The predicted octanol–water partition coefficient (Wildman–Crippen LogP) is -0.331. The first-order valence-electron chi connectivity index (χ1n) is 6.04. The maximum absolute atomic E-state index is 12.0. The number of nitrogens with zero attached hydrogens (tertiary/aromatic N) is 1. The summed E-state index contributed by atoms with van der Waals surface area (Å²) in [4.78, 5) is 23.0. The fourth-order valence-corrected chi connectivity index (χ4v) is 1.84. The molecule has 19 heavy (non-hydrogen) atoms. The van der Waals surface area contributed by atoms with E-state index in [-0.39, 0.29) is 12.5 Å². The molecule has 1 heterocycles.